The van der Waals surface area contributed by atoms with E-state index in [0.717, 1.165) is 49.0 Å². The van der Waals surface area contributed by atoms with E-state index in [2.05, 4.69) is 49.3 Å². The number of aliphatic hydroxyl groups is 1. The number of benzene rings is 1. The van der Waals surface area contributed by atoms with E-state index in [1.165, 1.54) is 0 Å². The van der Waals surface area contributed by atoms with Gasteiger partial charge in [-0.3, -0.25) is 0 Å². The molecule has 0 aliphatic carbocycles. The number of hydrogen-bond acceptors (Lipinski definition) is 3. The molecule has 3 unspecified atom stereocenters. The van der Waals surface area contributed by atoms with Crippen molar-refractivity contribution in [2.75, 3.05) is 6.61 Å². The molecule has 4 nitrogen and oxygen atoms in total. The van der Waals surface area contributed by atoms with Crippen LogP contribution >= 0.6 is 0 Å². The molecule has 1 N–H and O–H groups in total. The van der Waals surface area contributed by atoms with E-state index < -0.39 is 6.10 Å². The van der Waals surface area contributed by atoms with Gasteiger partial charge in [0.05, 0.1) is 5.69 Å². The number of nitrogens with zero attached hydrogens (tertiary/aromatic N) is 1. The first kappa shape index (κ1) is 19.0. The fourth-order valence-corrected chi connectivity index (χ4v) is 3.39. The summed E-state index contributed by atoms with van der Waals surface area (Å²) >= 11 is 0. The van der Waals surface area contributed by atoms with Crippen LogP contribution in [0.3, 0.4) is 0 Å². The average molecular weight is 355 g/mol. The van der Waals surface area contributed by atoms with Gasteiger partial charge in [0.25, 0.3) is 0 Å². The molecule has 1 fully saturated rings. The van der Waals surface area contributed by atoms with Gasteiger partial charge in [0.2, 0.25) is 0 Å². The lowest BCUT2D eigenvalue weighted by molar-refractivity contribution is -0.183. The van der Waals surface area contributed by atoms with Crippen LogP contribution in [0.5, 0.6) is 0 Å². The quantitative estimate of drug-likeness (QED) is 0.815. The lowest BCUT2D eigenvalue weighted by Crippen LogP contribution is -2.30. The van der Waals surface area contributed by atoms with Crippen molar-refractivity contribution in [1.82, 2.24) is 4.57 Å². The molecule has 0 bridgehead atoms. The molecule has 0 saturated carbocycles. The predicted molar refractivity (Wildman–Crippen MR) is 104 cm³/mol. The Morgan fingerprint density at radius 2 is 2.08 bits per heavy atom. The van der Waals surface area contributed by atoms with Gasteiger partial charge in [-0.25, -0.2) is 0 Å². The normalized spacial score (nSPS) is 20.0. The van der Waals surface area contributed by atoms with Crippen molar-refractivity contribution in [1.29, 1.82) is 0 Å². The number of fused-ring (bicyclic) bond motifs is 1. The Morgan fingerprint density at radius 1 is 1.27 bits per heavy atom. The molecule has 2 aromatic rings. The van der Waals surface area contributed by atoms with Crippen molar-refractivity contribution in [2.24, 2.45) is 5.92 Å². The highest BCUT2D eigenvalue weighted by atomic mass is 16.7. The Bertz CT molecular complexity index is 778. The number of rotatable bonds is 5. The third-order valence-corrected chi connectivity index (χ3v) is 4.84. The number of ether oxygens (including phenoxy) is 2. The zero-order valence-electron chi connectivity index (χ0n) is 15.9. The van der Waals surface area contributed by atoms with Crippen LogP contribution in [0.1, 0.15) is 51.8 Å². The Hall–Kier alpha value is -1.80. The summed E-state index contributed by atoms with van der Waals surface area (Å²) in [6.45, 7) is 7.79. The Balaban J connectivity index is 1.78. The topological polar surface area (TPSA) is 43.6 Å². The minimum atomic E-state index is -0.834. The summed E-state index contributed by atoms with van der Waals surface area (Å²) < 4.78 is 13.8. The molecule has 1 aromatic carbocycles. The van der Waals surface area contributed by atoms with Crippen LogP contribution in [0.2, 0.25) is 0 Å². The summed E-state index contributed by atoms with van der Waals surface area (Å²) in [7, 11) is 0. The lowest BCUT2D eigenvalue weighted by Gasteiger charge is -2.27. The molecule has 140 valence electrons. The SMILES string of the molecule is CCn1c(C(O)C#CC(OC2CCCCO2)C(C)C)cc2ccccc21. The summed E-state index contributed by atoms with van der Waals surface area (Å²) in [4.78, 5) is 0. The van der Waals surface area contributed by atoms with Gasteiger partial charge in [-0.15, -0.1) is 0 Å². The second kappa shape index (κ2) is 8.73. The van der Waals surface area contributed by atoms with Crippen LogP contribution in [0, 0.1) is 17.8 Å². The van der Waals surface area contributed by atoms with Crippen LogP contribution in [-0.2, 0) is 16.0 Å². The number of aromatic nitrogens is 1. The van der Waals surface area contributed by atoms with Gasteiger partial charge in [0.15, 0.2) is 12.4 Å². The first-order valence-electron chi connectivity index (χ1n) is 9.64. The first-order valence-corrected chi connectivity index (χ1v) is 9.64. The molecule has 1 saturated heterocycles. The van der Waals surface area contributed by atoms with E-state index in [1.54, 1.807) is 0 Å². The van der Waals surface area contributed by atoms with Gasteiger partial charge in [-0.2, -0.15) is 0 Å². The molecule has 2 heterocycles. The summed E-state index contributed by atoms with van der Waals surface area (Å²) in [6.07, 6.45) is 1.88. The summed E-state index contributed by atoms with van der Waals surface area (Å²) in [6, 6.07) is 10.2. The van der Waals surface area contributed by atoms with Crippen LogP contribution < -0.4 is 0 Å². The molecule has 1 aromatic heterocycles. The zero-order chi connectivity index (χ0) is 18.5. The molecule has 4 heteroatoms. The van der Waals surface area contributed by atoms with Gasteiger partial charge in [0.1, 0.15) is 6.10 Å². The maximum absolute atomic E-state index is 10.7. The monoisotopic (exact) mass is 355 g/mol. The molecule has 1 aliphatic rings. The van der Waals surface area contributed by atoms with E-state index in [-0.39, 0.29) is 18.3 Å². The highest BCUT2D eigenvalue weighted by molar-refractivity contribution is 5.81. The minimum absolute atomic E-state index is 0.176. The van der Waals surface area contributed by atoms with Crippen LogP contribution in [-0.4, -0.2) is 28.7 Å². The third-order valence-electron chi connectivity index (χ3n) is 4.84. The van der Waals surface area contributed by atoms with E-state index in [9.17, 15) is 5.11 Å². The highest BCUT2D eigenvalue weighted by Crippen LogP contribution is 2.24. The van der Waals surface area contributed by atoms with Gasteiger partial charge in [-0.05, 0) is 49.6 Å². The highest BCUT2D eigenvalue weighted by Gasteiger charge is 2.21. The molecule has 3 atom stereocenters. The van der Waals surface area contributed by atoms with Crippen molar-refractivity contribution in [3.63, 3.8) is 0 Å². The molecule has 0 radical (unpaired) electrons. The fraction of sp³-hybridized carbons (Fsp3) is 0.545. The molecule has 0 amide bonds. The van der Waals surface area contributed by atoms with Crippen molar-refractivity contribution in [3.8, 4) is 11.8 Å². The van der Waals surface area contributed by atoms with Crippen molar-refractivity contribution >= 4 is 10.9 Å². The Labute approximate surface area is 156 Å². The largest absolute Gasteiger partial charge is 0.375 e. The summed E-state index contributed by atoms with van der Waals surface area (Å²) in [5.74, 6) is 6.39. The summed E-state index contributed by atoms with van der Waals surface area (Å²) in [5, 5.41) is 11.8. The molecular weight excluding hydrogens is 326 g/mol. The van der Waals surface area contributed by atoms with Crippen molar-refractivity contribution < 1.29 is 14.6 Å². The van der Waals surface area contributed by atoms with Gasteiger partial charge >= 0.3 is 0 Å². The smallest absolute Gasteiger partial charge is 0.159 e. The zero-order valence-corrected chi connectivity index (χ0v) is 15.9. The average Bonchev–Trinajstić information content (AvgIpc) is 3.04. The van der Waals surface area contributed by atoms with E-state index in [4.69, 9.17) is 9.47 Å². The second-order valence-corrected chi connectivity index (χ2v) is 7.16. The number of aryl methyl sites for hydroxylation is 1. The van der Waals surface area contributed by atoms with Crippen LogP contribution in [0.15, 0.2) is 30.3 Å². The minimum Gasteiger partial charge on any atom is -0.375 e. The molecule has 3 rings (SSSR count). The maximum Gasteiger partial charge on any atom is 0.159 e. The van der Waals surface area contributed by atoms with E-state index in [1.807, 2.05) is 18.2 Å². The van der Waals surface area contributed by atoms with Crippen LogP contribution in [0.25, 0.3) is 10.9 Å². The second-order valence-electron chi connectivity index (χ2n) is 7.16. The standard InChI is InChI=1S/C22H29NO3/c1-4-23-18-10-6-5-9-17(18)15-19(23)20(24)12-13-21(16(2)3)26-22-11-7-8-14-25-22/h5-6,9-10,15-16,20-22,24H,4,7-8,11,14H2,1-3H3. The first-order chi connectivity index (χ1) is 12.6. The Morgan fingerprint density at radius 3 is 2.77 bits per heavy atom. The van der Waals surface area contributed by atoms with Crippen molar-refractivity contribution in [2.45, 2.75) is 65.1 Å². The van der Waals surface area contributed by atoms with Gasteiger partial charge < -0.3 is 19.1 Å². The van der Waals surface area contributed by atoms with Crippen molar-refractivity contribution in [3.05, 3.63) is 36.0 Å². The lowest BCUT2D eigenvalue weighted by atomic mass is 10.1. The number of para-hydroxylation sites is 1. The summed E-state index contributed by atoms with van der Waals surface area (Å²) in [5.41, 5.74) is 1.95. The van der Waals surface area contributed by atoms with Gasteiger partial charge in [0, 0.05) is 18.7 Å². The molecule has 0 spiro atoms. The number of hydrogen-bond donors (Lipinski definition) is 1. The predicted octanol–water partition coefficient (Wildman–Crippen LogP) is 4.27. The fourth-order valence-electron chi connectivity index (χ4n) is 3.39. The van der Waals surface area contributed by atoms with E-state index in [0.29, 0.717) is 0 Å². The van der Waals surface area contributed by atoms with E-state index >= 15 is 0 Å². The maximum atomic E-state index is 10.7. The number of aliphatic hydroxyl groups excluding tert-OH is 1. The third kappa shape index (κ3) is 4.29. The van der Waals surface area contributed by atoms with Crippen LogP contribution in [0.4, 0.5) is 0 Å². The molecule has 1 aliphatic heterocycles. The molecular formula is C22H29NO3. The Kier molecular flexibility index (Phi) is 6.37. The van der Waals surface area contributed by atoms with Gasteiger partial charge in [-0.1, -0.05) is 43.9 Å². The molecule has 26 heavy (non-hydrogen) atoms.